The first-order valence-electron chi connectivity index (χ1n) is 14.6. The van der Waals surface area contributed by atoms with Crippen LogP contribution in [0.15, 0.2) is 121 Å². The molecule has 3 aliphatic rings. The highest BCUT2D eigenvalue weighted by Crippen LogP contribution is 2.62. The van der Waals surface area contributed by atoms with Crippen molar-refractivity contribution in [1.82, 2.24) is 0 Å². The zero-order chi connectivity index (χ0) is 27.3. The molecule has 1 aliphatic carbocycles. The Morgan fingerprint density at radius 2 is 1.40 bits per heavy atom. The number of hydrogen-bond donors (Lipinski definition) is 0. The van der Waals surface area contributed by atoms with Crippen LogP contribution in [0.1, 0.15) is 59.3 Å². The molecule has 0 amide bonds. The lowest BCUT2D eigenvalue weighted by molar-refractivity contribution is 0.0882. The summed E-state index contributed by atoms with van der Waals surface area (Å²) in [4.78, 5) is 17.6. The van der Waals surface area contributed by atoms with Gasteiger partial charge in [0.2, 0.25) is 0 Å². The molecule has 2 heteroatoms. The maximum absolute atomic E-state index is 15.0. The van der Waals surface area contributed by atoms with Crippen molar-refractivity contribution in [2.24, 2.45) is 5.92 Å². The first kappa shape index (κ1) is 24.8. The van der Waals surface area contributed by atoms with E-state index in [0.29, 0.717) is 0 Å². The van der Waals surface area contributed by atoms with Gasteiger partial charge in [0.25, 0.3) is 0 Å². The minimum atomic E-state index is -0.576. The molecule has 0 aromatic heterocycles. The van der Waals surface area contributed by atoms with E-state index in [0.717, 1.165) is 42.5 Å². The number of carbonyl (C=O) groups is 1. The van der Waals surface area contributed by atoms with Gasteiger partial charge in [-0.2, -0.15) is 0 Å². The van der Waals surface area contributed by atoms with Gasteiger partial charge in [-0.15, -0.1) is 0 Å². The van der Waals surface area contributed by atoms with Crippen molar-refractivity contribution in [3.8, 4) is 0 Å². The van der Waals surface area contributed by atoms with Crippen molar-refractivity contribution in [3.63, 3.8) is 0 Å². The predicted octanol–water partition coefficient (Wildman–Crippen LogP) is 8.54. The Balaban J connectivity index is 1.58. The van der Waals surface area contributed by atoms with E-state index in [-0.39, 0.29) is 17.1 Å². The highest BCUT2D eigenvalue weighted by atomic mass is 16.1. The van der Waals surface area contributed by atoms with Crippen molar-refractivity contribution in [2.75, 3.05) is 11.4 Å². The van der Waals surface area contributed by atoms with Crippen LogP contribution >= 0.6 is 0 Å². The number of ketones is 1. The molecule has 0 radical (unpaired) electrons. The average molecular weight is 522 g/mol. The zero-order valence-corrected chi connectivity index (χ0v) is 23.3. The lowest BCUT2D eigenvalue weighted by Crippen LogP contribution is -2.62. The molecule has 0 N–H and O–H groups in total. The van der Waals surface area contributed by atoms with Crippen molar-refractivity contribution < 1.29 is 4.79 Å². The lowest BCUT2D eigenvalue weighted by Gasteiger charge is -2.53. The molecule has 2 heterocycles. The van der Waals surface area contributed by atoms with Gasteiger partial charge in [0.15, 0.2) is 5.78 Å². The number of allylic oxidation sites excluding steroid dienone is 2. The monoisotopic (exact) mass is 521 g/mol. The molecule has 0 saturated heterocycles. The van der Waals surface area contributed by atoms with Crippen molar-refractivity contribution in [1.29, 1.82) is 0 Å². The molecule has 2 nitrogen and oxygen atoms in total. The summed E-state index contributed by atoms with van der Waals surface area (Å²) < 4.78 is 0. The maximum Gasteiger partial charge on any atom is 0.173 e. The molecule has 0 unspecified atom stereocenters. The van der Waals surface area contributed by atoms with E-state index in [4.69, 9.17) is 0 Å². The molecule has 2 atom stereocenters. The van der Waals surface area contributed by atoms with Crippen molar-refractivity contribution in [3.05, 3.63) is 149 Å². The van der Waals surface area contributed by atoms with Gasteiger partial charge in [0, 0.05) is 23.2 Å². The largest absolute Gasteiger partial charge is 0.360 e. The Morgan fingerprint density at radius 3 is 2.10 bits per heavy atom. The number of anilines is 1. The Morgan fingerprint density at radius 1 is 0.750 bits per heavy atom. The van der Waals surface area contributed by atoms with E-state index >= 15 is 0 Å². The van der Waals surface area contributed by atoms with E-state index in [1.165, 1.54) is 28.0 Å². The number of carbonyl (C=O) groups excluding carboxylic acids is 1. The summed E-state index contributed by atoms with van der Waals surface area (Å²) in [6, 6.07) is 38.0. The van der Waals surface area contributed by atoms with Crippen LogP contribution in [0, 0.1) is 5.92 Å². The summed E-state index contributed by atoms with van der Waals surface area (Å²) in [6.45, 7) is 5.68. The molecule has 7 rings (SSSR count). The normalized spacial score (nSPS) is 22.8. The van der Waals surface area contributed by atoms with Gasteiger partial charge in [0.1, 0.15) is 0 Å². The summed E-state index contributed by atoms with van der Waals surface area (Å²) in [5.74, 6) is -0.191. The van der Waals surface area contributed by atoms with Crippen LogP contribution in [0.5, 0.6) is 0 Å². The van der Waals surface area contributed by atoms with E-state index in [2.05, 4.69) is 110 Å². The predicted molar refractivity (Wildman–Crippen MR) is 166 cm³/mol. The second-order valence-electron chi connectivity index (χ2n) is 12.0. The second-order valence-corrected chi connectivity index (χ2v) is 12.0. The number of hydrogen-bond acceptors (Lipinski definition) is 2. The molecular weight excluding hydrogens is 486 g/mol. The minimum Gasteiger partial charge on any atom is -0.360 e. The molecule has 0 saturated carbocycles. The summed E-state index contributed by atoms with van der Waals surface area (Å²) in [6.07, 6.45) is 8.11. The van der Waals surface area contributed by atoms with Gasteiger partial charge in [-0.1, -0.05) is 123 Å². The third-order valence-corrected chi connectivity index (χ3v) is 9.56. The van der Waals surface area contributed by atoms with Crippen LogP contribution in [-0.2, 0) is 11.8 Å². The Labute approximate surface area is 237 Å². The number of nitrogens with zero attached hydrogens (tertiary/aromatic N) is 1. The molecule has 1 spiro atoms. The van der Waals surface area contributed by atoms with Gasteiger partial charge >= 0.3 is 0 Å². The second kappa shape index (κ2) is 9.48. The zero-order valence-electron chi connectivity index (χ0n) is 23.3. The van der Waals surface area contributed by atoms with Crippen LogP contribution in [0.25, 0.3) is 11.1 Å². The number of aryl methyl sites for hydroxylation is 1. The smallest absolute Gasteiger partial charge is 0.173 e. The number of rotatable bonds is 4. The minimum absolute atomic E-state index is 0.186. The van der Waals surface area contributed by atoms with E-state index in [1.54, 1.807) is 0 Å². The van der Waals surface area contributed by atoms with Crippen LogP contribution in [0.3, 0.4) is 0 Å². The SMILES string of the molecule is CC1(C)c2cccc3c2N(CCCC3)[C@]12C=C(c1ccccc1)C=C(c1ccccc1)[C@H]2C(=O)c1ccccc1. The molecule has 4 aromatic carbocycles. The highest BCUT2D eigenvalue weighted by molar-refractivity contribution is 6.10. The fourth-order valence-electron chi connectivity index (χ4n) is 7.65. The average Bonchev–Trinajstić information content (AvgIpc) is 3.13. The molecule has 40 heavy (non-hydrogen) atoms. The third-order valence-electron chi connectivity index (χ3n) is 9.56. The van der Waals surface area contributed by atoms with Crippen LogP contribution in [0.4, 0.5) is 5.69 Å². The number of fused-ring (bicyclic) bond motifs is 1. The van der Waals surface area contributed by atoms with Crippen LogP contribution in [0.2, 0.25) is 0 Å². The first-order chi connectivity index (χ1) is 19.5. The van der Waals surface area contributed by atoms with Gasteiger partial charge < -0.3 is 4.90 Å². The van der Waals surface area contributed by atoms with E-state index in [1.807, 2.05) is 30.3 Å². The highest BCUT2D eigenvalue weighted by Gasteiger charge is 2.63. The maximum atomic E-state index is 15.0. The van der Waals surface area contributed by atoms with Crippen molar-refractivity contribution in [2.45, 2.75) is 44.1 Å². The fourth-order valence-corrected chi connectivity index (χ4v) is 7.65. The topological polar surface area (TPSA) is 20.3 Å². The van der Waals surface area contributed by atoms with Gasteiger partial charge in [-0.05, 0) is 64.8 Å². The number of para-hydroxylation sites is 1. The molecule has 2 aliphatic heterocycles. The van der Waals surface area contributed by atoms with E-state index < -0.39 is 5.54 Å². The molecule has 0 bridgehead atoms. The number of benzene rings is 4. The quantitative estimate of drug-likeness (QED) is 0.251. The summed E-state index contributed by atoms with van der Waals surface area (Å²) in [5.41, 5.74) is 8.58. The molecule has 198 valence electrons. The van der Waals surface area contributed by atoms with Gasteiger partial charge in [0.05, 0.1) is 11.5 Å². The molecule has 0 fully saturated rings. The van der Waals surface area contributed by atoms with Gasteiger partial charge in [-0.25, -0.2) is 0 Å². The molecular formula is C38H35NO. The fraction of sp³-hybridized carbons (Fsp3) is 0.237. The van der Waals surface area contributed by atoms with Gasteiger partial charge in [-0.3, -0.25) is 4.79 Å². The van der Waals surface area contributed by atoms with Crippen LogP contribution in [-0.4, -0.2) is 17.9 Å². The lowest BCUT2D eigenvalue weighted by atomic mass is 9.57. The van der Waals surface area contributed by atoms with E-state index in [9.17, 15) is 4.79 Å². The van der Waals surface area contributed by atoms with Crippen molar-refractivity contribution >= 4 is 22.6 Å². The Bertz CT molecular complexity index is 1630. The van der Waals surface area contributed by atoms with Crippen LogP contribution < -0.4 is 4.90 Å². The standard InChI is InChI=1S/C38H35NO/c1-37(2)33-23-14-22-29-19-12-13-24-39(35(29)33)38(37)26-31(27-15-6-3-7-16-27)25-32(28-17-8-4-9-18-28)34(38)36(40)30-20-10-5-11-21-30/h3-11,14-18,20-23,25-26,34H,12-13,19,24H2,1-2H3/t34-,38-/m0/s1. The first-order valence-corrected chi connectivity index (χ1v) is 14.6. The third kappa shape index (κ3) is 3.59. The summed E-state index contributed by atoms with van der Waals surface area (Å²) >= 11 is 0. The Kier molecular flexibility index (Phi) is 5.89. The number of Topliss-reactive ketones (excluding diaryl/α,β-unsaturated/α-hetero) is 1. The molecule has 4 aromatic rings. The summed E-state index contributed by atoms with van der Waals surface area (Å²) in [5, 5.41) is 0. The Hall–Kier alpha value is -4.17. The summed E-state index contributed by atoms with van der Waals surface area (Å²) in [7, 11) is 0.